The Labute approximate surface area is 172 Å². The highest BCUT2D eigenvalue weighted by Crippen LogP contribution is 2.32. The maximum Gasteiger partial charge on any atom is 0.342 e. The minimum Gasteiger partial charge on any atom is -0.505 e. The number of methoxy groups -OCH3 is 1. The fraction of sp³-hybridized carbons (Fsp3) is 0.174. The van der Waals surface area contributed by atoms with Crippen molar-refractivity contribution < 1.29 is 28.6 Å². The summed E-state index contributed by atoms with van der Waals surface area (Å²) in [7, 11) is 1.26. The smallest absolute Gasteiger partial charge is 0.342 e. The summed E-state index contributed by atoms with van der Waals surface area (Å²) < 4.78 is 22.8. The Morgan fingerprint density at radius 3 is 2.57 bits per heavy atom. The summed E-state index contributed by atoms with van der Waals surface area (Å²) in [6, 6.07) is 9.37. The second-order valence-corrected chi connectivity index (χ2v) is 6.48. The van der Waals surface area contributed by atoms with Crippen LogP contribution in [0.1, 0.15) is 34.0 Å². The predicted octanol–water partition coefficient (Wildman–Crippen LogP) is 4.03. The molecule has 3 rings (SSSR count). The highest BCUT2D eigenvalue weighted by Gasteiger charge is 2.19. The molecule has 1 heterocycles. The van der Waals surface area contributed by atoms with E-state index in [2.05, 4.69) is 9.72 Å². The van der Waals surface area contributed by atoms with Crippen molar-refractivity contribution in [2.75, 3.05) is 13.7 Å². The van der Waals surface area contributed by atoms with Crippen molar-refractivity contribution in [2.45, 2.75) is 13.3 Å². The number of halogens is 1. The number of nitrogens with zero attached hydrogens (tertiary/aromatic N) is 1. The minimum absolute atomic E-state index is 0.0485. The van der Waals surface area contributed by atoms with Gasteiger partial charge in [0.25, 0.3) is 0 Å². The lowest BCUT2D eigenvalue weighted by Crippen LogP contribution is -2.06. The van der Waals surface area contributed by atoms with Gasteiger partial charge in [-0.1, -0.05) is 12.1 Å². The molecule has 0 saturated carbocycles. The first kappa shape index (κ1) is 21.0. The van der Waals surface area contributed by atoms with Crippen LogP contribution in [0.15, 0.2) is 48.7 Å². The van der Waals surface area contributed by atoms with Gasteiger partial charge in [-0.05, 0) is 60.4 Å². The minimum atomic E-state index is -0.693. The summed E-state index contributed by atoms with van der Waals surface area (Å²) in [5, 5.41) is 11.1. The van der Waals surface area contributed by atoms with Crippen LogP contribution in [0.3, 0.4) is 0 Å². The summed E-state index contributed by atoms with van der Waals surface area (Å²) in [6.07, 6.45) is 4.77. The average Bonchev–Trinajstić information content (AvgIpc) is 2.74. The number of benzene rings is 2. The number of aromatic hydroxyl groups is 1. The lowest BCUT2D eigenvalue weighted by Gasteiger charge is -2.11. The highest BCUT2D eigenvalue weighted by molar-refractivity contribution is 6.04. The third-order valence-electron chi connectivity index (χ3n) is 4.45. The fourth-order valence-corrected chi connectivity index (χ4v) is 3.01. The van der Waals surface area contributed by atoms with Crippen molar-refractivity contribution >= 4 is 28.9 Å². The van der Waals surface area contributed by atoms with E-state index in [1.165, 1.54) is 37.5 Å². The van der Waals surface area contributed by atoms with Crippen LogP contribution < -0.4 is 0 Å². The number of phenolic OH excluding ortho intramolecular Hbond substituents is 1. The van der Waals surface area contributed by atoms with Gasteiger partial charge in [-0.25, -0.2) is 14.0 Å². The van der Waals surface area contributed by atoms with Gasteiger partial charge in [-0.3, -0.25) is 4.98 Å². The van der Waals surface area contributed by atoms with Crippen LogP contribution in [-0.4, -0.2) is 35.7 Å². The highest BCUT2D eigenvalue weighted by atomic mass is 19.1. The first-order valence-electron chi connectivity index (χ1n) is 9.25. The average molecular weight is 409 g/mol. The van der Waals surface area contributed by atoms with Gasteiger partial charge >= 0.3 is 11.9 Å². The van der Waals surface area contributed by atoms with E-state index >= 15 is 0 Å². The number of esters is 2. The van der Waals surface area contributed by atoms with Gasteiger partial charge in [0.1, 0.15) is 16.9 Å². The first-order chi connectivity index (χ1) is 14.4. The van der Waals surface area contributed by atoms with E-state index in [-0.39, 0.29) is 29.3 Å². The van der Waals surface area contributed by atoms with Gasteiger partial charge < -0.3 is 14.6 Å². The molecule has 0 fully saturated rings. The number of fused-ring (bicyclic) bond motifs is 1. The molecule has 0 aliphatic carbocycles. The Morgan fingerprint density at radius 1 is 1.17 bits per heavy atom. The second kappa shape index (κ2) is 9.17. The molecule has 154 valence electrons. The van der Waals surface area contributed by atoms with Crippen LogP contribution in [0.4, 0.5) is 4.39 Å². The molecule has 0 radical (unpaired) electrons. The Morgan fingerprint density at radius 2 is 1.90 bits per heavy atom. The zero-order valence-corrected chi connectivity index (χ0v) is 16.5. The van der Waals surface area contributed by atoms with Crippen molar-refractivity contribution in [3.8, 4) is 5.75 Å². The molecule has 0 atom stereocenters. The van der Waals surface area contributed by atoms with Gasteiger partial charge in [0.2, 0.25) is 0 Å². The normalized spacial score (nSPS) is 11.0. The molecular weight excluding hydrogens is 389 g/mol. The summed E-state index contributed by atoms with van der Waals surface area (Å²) in [6.45, 7) is 1.81. The van der Waals surface area contributed by atoms with Crippen molar-refractivity contribution in [1.82, 2.24) is 4.98 Å². The van der Waals surface area contributed by atoms with E-state index in [1.54, 1.807) is 31.3 Å². The summed E-state index contributed by atoms with van der Waals surface area (Å²) >= 11 is 0. The van der Waals surface area contributed by atoms with Crippen molar-refractivity contribution in [1.29, 1.82) is 0 Å². The van der Waals surface area contributed by atoms with E-state index in [9.17, 15) is 19.1 Å². The predicted molar refractivity (Wildman–Crippen MR) is 110 cm³/mol. The third kappa shape index (κ3) is 4.63. The number of ether oxygens (including phenoxy) is 2. The Hall–Kier alpha value is -3.74. The molecule has 3 aromatic rings. The lowest BCUT2D eigenvalue weighted by atomic mass is 9.99. The van der Waals surface area contributed by atoms with E-state index in [0.29, 0.717) is 17.4 Å². The number of pyridine rings is 1. The van der Waals surface area contributed by atoms with E-state index < -0.39 is 11.9 Å². The Bertz CT molecular complexity index is 1120. The van der Waals surface area contributed by atoms with Gasteiger partial charge in [0.15, 0.2) is 5.75 Å². The molecule has 1 N–H and O–H groups in total. The van der Waals surface area contributed by atoms with Crippen LogP contribution in [-0.2, 0) is 20.7 Å². The zero-order valence-electron chi connectivity index (χ0n) is 16.5. The topological polar surface area (TPSA) is 85.7 Å². The number of rotatable bonds is 6. The van der Waals surface area contributed by atoms with Crippen molar-refractivity contribution in [2.24, 2.45) is 0 Å². The van der Waals surface area contributed by atoms with E-state index in [1.807, 2.05) is 0 Å². The molecule has 2 aromatic carbocycles. The zero-order chi connectivity index (χ0) is 21.7. The van der Waals surface area contributed by atoms with Crippen LogP contribution in [0.5, 0.6) is 5.75 Å². The lowest BCUT2D eigenvalue weighted by molar-refractivity contribution is -0.134. The molecule has 1 aromatic heterocycles. The van der Waals surface area contributed by atoms with Crippen LogP contribution in [0.25, 0.3) is 17.0 Å². The molecule has 0 spiro atoms. The number of carbonyl (C=O) groups excluding carboxylic acids is 2. The van der Waals surface area contributed by atoms with Gasteiger partial charge in [0.05, 0.1) is 13.7 Å². The Balaban J connectivity index is 2.11. The third-order valence-corrected chi connectivity index (χ3v) is 4.45. The van der Waals surface area contributed by atoms with E-state index in [4.69, 9.17) is 4.74 Å². The number of phenols is 1. The van der Waals surface area contributed by atoms with Gasteiger partial charge in [-0.2, -0.15) is 0 Å². The first-order valence-corrected chi connectivity index (χ1v) is 9.25. The second-order valence-electron chi connectivity index (χ2n) is 6.48. The summed E-state index contributed by atoms with van der Waals surface area (Å²) in [4.78, 5) is 28.1. The van der Waals surface area contributed by atoms with Crippen LogP contribution in [0.2, 0.25) is 0 Å². The summed E-state index contributed by atoms with van der Waals surface area (Å²) in [5.41, 5.74) is 2.34. The van der Waals surface area contributed by atoms with Crippen molar-refractivity contribution in [3.05, 3.63) is 76.7 Å². The van der Waals surface area contributed by atoms with Crippen LogP contribution >= 0.6 is 0 Å². The molecule has 0 bridgehead atoms. The number of hydrogen-bond acceptors (Lipinski definition) is 6. The monoisotopic (exact) mass is 409 g/mol. The standard InChI is InChI=1S/C23H20FNO5/c1-3-30-23(28)19-12-16(6-9-20(26)29-2)18-11-15(13-25-21(18)22(19)27)10-14-4-7-17(24)8-5-14/h4-9,11-13,27H,3,10H2,1-2H3. The largest absolute Gasteiger partial charge is 0.505 e. The molecule has 30 heavy (non-hydrogen) atoms. The maximum absolute atomic E-state index is 13.1. The molecule has 0 saturated heterocycles. The number of aromatic nitrogens is 1. The van der Waals surface area contributed by atoms with E-state index in [0.717, 1.165) is 11.1 Å². The summed E-state index contributed by atoms with van der Waals surface area (Å²) in [5.74, 6) is -1.87. The quantitative estimate of drug-likeness (QED) is 0.489. The van der Waals surface area contributed by atoms with Gasteiger partial charge in [0, 0.05) is 17.7 Å². The van der Waals surface area contributed by atoms with Crippen molar-refractivity contribution in [3.63, 3.8) is 0 Å². The number of hydrogen-bond donors (Lipinski definition) is 1. The number of carbonyl (C=O) groups is 2. The fourth-order valence-electron chi connectivity index (χ4n) is 3.01. The molecule has 0 unspecified atom stereocenters. The molecule has 0 aliphatic heterocycles. The molecule has 0 aliphatic rings. The van der Waals surface area contributed by atoms with Crippen LogP contribution in [0, 0.1) is 5.82 Å². The van der Waals surface area contributed by atoms with Gasteiger partial charge in [-0.15, -0.1) is 0 Å². The molecule has 7 heteroatoms. The maximum atomic E-state index is 13.1. The molecule has 0 amide bonds. The molecule has 6 nitrogen and oxygen atoms in total. The Kier molecular flexibility index (Phi) is 6.41. The molecular formula is C23H20FNO5. The SMILES string of the molecule is CCOC(=O)c1cc(C=CC(=O)OC)c2cc(Cc3ccc(F)cc3)cnc2c1O.